The number of carbonyl (C=O) groups excluding carboxylic acids is 2. The largest absolute Gasteiger partial charge is 0.455 e. The van der Waals surface area contributed by atoms with Crippen molar-refractivity contribution in [3.05, 3.63) is 71.8 Å². The van der Waals surface area contributed by atoms with Crippen LogP contribution >= 0.6 is 0 Å². The lowest BCUT2D eigenvalue weighted by Crippen LogP contribution is -2.64. The summed E-state index contributed by atoms with van der Waals surface area (Å²) in [5, 5.41) is 0. The maximum atomic E-state index is 11.9. The second-order valence-electron chi connectivity index (χ2n) is 7.66. The zero-order chi connectivity index (χ0) is 22.5. The van der Waals surface area contributed by atoms with Gasteiger partial charge in [0.2, 0.25) is 0 Å². The van der Waals surface area contributed by atoms with Crippen molar-refractivity contribution in [1.82, 2.24) is 0 Å². The van der Waals surface area contributed by atoms with Crippen LogP contribution in [0.15, 0.2) is 60.7 Å². The first kappa shape index (κ1) is 22.4. The quantitative estimate of drug-likeness (QED) is 0.631. The molecule has 4 rings (SSSR count). The molecule has 2 aliphatic heterocycles. The summed E-state index contributed by atoms with van der Waals surface area (Å²) < 4.78 is 35.1. The molecular formula is C24H26O8. The number of benzene rings is 2. The van der Waals surface area contributed by atoms with Gasteiger partial charge in [-0.25, -0.2) is 0 Å². The summed E-state index contributed by atoms with van der Waals surface area (Å²) in [6.45, 7) is 2.99. The van der Waals surface area contributed by atoms with Gasteiger partial charge in [0.15, 0.2) is 24.8 Å². The number of hydrogen-bond donors (Lipinski definition) is 0. The summed E-state index contributed by atoms with van der Waals surface area (Å²) in [4.78, 5) is 23.8. The lowest BCUT2D eigenvalue weighted by Gasteiger charge is -2.48. The van der Waals surface area contributed by atoms with E-state index in [-0.39, 0.29) is 13.2 Å². The molecule has 2 aromatic carbocycles. The molecule has 6 atom stereocenters. The van der Waals surface area contributed by atoms with E-state index in [2.05, 4.69) is 0 Å². The molecule has 2 fully saturated rings. The van der Waals surface area contributed by atoms with E-state index in [4.69, 9.17) is 28.4 Å². The molecule has 0 N–H and O–H groups in total. The Balaban J connectivity index is 1.57. The van der Waals surface area contributed by atoms with Crippen LogP contribution in [0.5, 0.6) is 0 Å². The van der Waals surface area contributed by atoms with Gasteiger partial charge in [0.25, 0.3) is 0 Å². The third-order valence-electron chi connectivity index (χ3n) is 5.22. The topological polar surface area (TPSA) is 89.5 Å². The standard InChI is InChI=1S/C24H26O8/c1-15(25)29-21-20-19(14-28-23(32-20)18-11-7-4-8-12-18)31-24(22(21)30-16(2)26)27-13-17-9-5-3-6-10-17/h3-12,19-24H,13-14H2,1-2H3/t19-,20-,21+,22+,23?,24+/m1/s1. The molecule has 0 saturated carbocycles. The van der Waals surface area contributed by atoms with Gasteiger partial charge in [-0.15, -0.1) is 0 Å². The molecule has 8 nitrogen and oxygen atoms in total. The average molecular weight is 442 g/mol. The van der Waals surface area contributed by atoms with Crippen LogP contribution in [-0.2, 0) is 44.6 Å². The summed E-state index contributed by atoms with van der Waals surface area (Å²) in [7, 11) is 0. The highest BCUT2D eigenvalue weighted by molar-refractivity contribution is 5.67. The molecule has 2 heterocycles. The van der Waals surface area contributed by atoms with E-state index in [0.29, 0.717) is 0 Å². The van der Waals surface area contributed by atoms with E-state index in [9.17, 15) is 9.59 Å². The Labute approximate surface area is 186 Å². The fourth-order valence-corrected chi connectivity index (χ4v) is 3.86. The van der Waals surface area contributed by atoms with Crippen molar-refractivity contribution in [2.24, 2.45) is 0 Å². The minimum Gasteiger partial charge on any atom is -0.455 e. The van der Waals surface area contributed by atoms with E-state index in [0.717, 1.165) is 11.1 Å². The number of ether oxygens (including phenoxy) is 6. The fraction of sp³-hybridized carbons (Fsp3) is 0.417. The zero-order valence-corrected chi connectivity index (χ0v) is 17.9. The van der Waals surface area contributed by atoms with E-state index in [1.165, 1.54) is 13.8 Å². The van der Waals surface area contributed by atoms with Crippen LogP contribution < -0.4 is 0 Å². The molecule has 0 aromatic heterocycles. The Morgan fingerprint density at radius 2 is 1.50 bits per heavy atom. The number of hydrogen-bond acceptors (Lipinski definition) is 8. The summed E-state index contributed by atoms with van der Waals surface area (Å²) in [6, 6.07) is 18.9. The first-order valence-corrected chi connectivity index (χ1v) is 10.5. The predicted molar refractivity (Wildman–Crippen MR) is 111 cm³/mol. The van der Waals surface area contributed by atoms with Gasteiger partial charge in [-0.3, -0.25) is 9.59 Å². The van der Waals surface area contributed by atoms with Gasteiger partial charge in [0.05, 0.1) is 13.2 Å². The molecule has 2 saturated heterocycles. The van der Waals surface area contributed by atoms with Gasteiger partial charge in [-0.2, -0.15) is 0 Å². The van der Waals surface area contributed by atoms with Crippen molar-refractivity contribution in [3.63, 3.8) is 0 Å². The number of carbonyl (C=O) groups is 2. The molecule has 2 aliphatic rings. The highest BCUT2D eigenvalue weighted by atomic mass is 16.8. The molecule has 0 radical (unpaired) electrons. The normalized spacial score (nSPS) is 29.6. The van der Waals surface area contributed by atoms with Gasteiger partial charge >= 0.3 is 11.9 Å². The van der Waals surface area contributed by atoms with E-state index < -0.39 is 48.9 Å². The number of esters is 2. The van der Waals surface area contributed by atoms with E-state index >= 15 is 0 Å². The Kier molecular flexibility index (Phi) is 7.16. The molecule has 2 aromatic rings. The summed E-state index contributed by atoms with van der Waals surface area (Å²) >= 11 is 0. The first-order chi connectivity index (χ1) is 15.5. The maximum Gasteiger partial charge on any atom is 0.303 e. The van der Waals surface area contributed by atoms with Crippen LogP contribution in [0, 0.1) is 0 Å². The smallest absolute Gasteiger partial charge is 0.303 e. The Bertz CT molecular complexity index is 903. The zero-order valence-electron chi connectivity index (χ0n) is 17.9. The van der Waals surface area contributed by atoms with Crippen molar-refractivity contribution >= 4 is 11.9 Å². The van der Waals surface area contributed by atoms with Crippen molar-refractivity contribution in [1.29, 1.82) is 0 Å². The molecule has 1 unspecified atom stereocenters. The van der Waals surface area contributed by atoms with Gasteiger partial charge in [0, 0.05) is 19.4 Å². The van der Waals surface area contributed by atoms with Crippen molar-refractivity contribution < 1.29 is 38.0 Å². The van der Waals surface area contributed by atoms with Crippen LogP contribution in [0.25, 0.3) is 0 Å². The Morgan fingerprint density at radius 1 is 0.875 bits per heavy atom. The van der Waals surface area contributed by atoms with Gasteiger partial charge in [-0.05, 0) is 5.56 Å². The predicted octanol–water partition coefficient (Wildman–Crippen LogP) is 2.91. The molecule has 32 heavy (non-hydrogen) atoms. The Hall–Kier alpha value is -2.78. The lowest BCUT2D eigenvalue weighted by molar-refractivity contribution is -0.363. The molecule has 8 heteroatoms. The third kappa shape index (κ3) is 5.34. The third-order valence-corrected chi connectivity index (χ3v) is 5.22. The minimum absolute atomic E-state index is 0.194. The molecular weight excluding hydrogens is 416 g/mol. The lowest BCUT2D eigenvalue weighted by atomic mass is 9.97. The number of rotatable bonds is 6. The highest BCUT2D eigenvalue weighted by Gasteiger charge is 2.53. The van der Waals surface area contributed by atoms with Gasteiger partial charge in [0.1, 0.15) is 12.2 Å². The summed E-state index contributed by atoms with van der Waals surface area (Å²) in [6.07, 6.45) is -4.85. The van der Waals surface area contributed by atoms with Crippen LogP contribution in [0.4, 0.5) is 0 Å². The maximum absolute atomic E-state index is 11.9. The SMILES string of the molecule is CC(=O)O[C@@H]1[C@H](OC(C)=O)[C@@H](OCc2ccccc2)O[C@@H]2COC(c3ccccc3)O[C@@H]12. The summed E-state index contributed by atoms with van der Waals surface area (Å²) in [5.41, 5.74) is 1.74. The molecule has 0 aliphatic carbocycles. The van der Waals surface area contributed by atoms with E-state index in [1.807, 2.05) is 60.7 Å². The molecule has 0 bridgehead atoms. The average Bonchev–Trinajstić information content (AvgIpc) is 2.80. The fourth-order valence-electron chi connectivity index (χ4n) is 3.86. The summed E-state index contributed by atoms with van der Waals surface area (Å²) in [5.74, 6) is -1.07. The van der Waals surface area contributed by atoms with E-state index in [1.54, 1.807) is 0 Å². The molecule has 0 spiro atoms. The highest BCUT2D eigenvalue weighted by Crippen LogP contribution is 2.37. The van der Waals surface area contributed by atoms with Crippen LogP contribution in [0.2, 0.25) is 0 Å². The second-order valence-corrected chi connectivity index (χ2v) is 7.66. The van der Waals surface area contributed by atoms with Gasteiger partial charge in [-0.1, -0.05) is 60.7 Å². The van der Waals surface area contributed by atoms with Crippen LogP contribution in [0.3, 0.4) is 0 Å². The van der Waals surface area contributed by atoms with Crippen LogP contribution in [0.1, 0.15) is 31.3 Å². The van der Waals surface area contributed by atoms with Crippen molar-refractivity contribution in [2.45, 2.75) is 57.5 Å². The van der Waals surface area contributed by atoms with Crippen molar-refractivity contribution in [3.8, 4) is 0 Å². The monoisotopic (exact) mass is 442 g/mol. The van der Waals surface area contributed by atoms with Gasteiger partial charge < -0.3 is 28.4 Å². The molecule has 0 amide bonds. The molecule has 170 valence electrons. The minimum atomic E-state index is -1.00. The second kappa shape index (κ2) is 10.2. The Morgan fingerprint density at radius 3 is 2.16 bits per heavy atom. The van der Waals surface area contributed by atoms with Crippen molar-refractivity contribution in [2.75, 3.05) is 6.61 Å². The number of fused-ring (bicyclic) bond motifs is 1. The first-order valence-electron chi connectivity index (χ1n) is 10.5. The van der Waals surface area contributed by atoms with Crippen LogP contribution in [-0.4, -0.2) is 49.3 Å².